The van der Waals surface area contributed by atoms with Crippen molar-refractivity contribution in [2.45, 2.75) is 50.5 Å². The number of hydrogen-bond acceptors (Lipinski definition) is 10. The smallest absolute Gasteiger partial charge is 0.225 e. The minimum atomic E-state index is -1.01. The fraction of sp³-hybridized carbons (Fsp3) is 0.522. The molecule has 5 rings (SSSR count). The number of benzene rings is 1. The second-order valence-corrected chi connectivity index (χ2v) is 9.81. The number of rotatable bonds is 6. The SMILES string of the molecule is Cc1nc(NC2CCOCC2)nc(N[C@@H]2C[C@H](CO)[C@@H](O)[C@H]2O)c1-c1nc2ccccc2s1. The molecule has 0 radical (unpaired) electrons. The van der Waals surface area contributed by atoms with Crippen LogP contribution < -0.4 is 10.6 Å². The molecule has 0 amide bonds. The van der Waals surface area contributed by atoms with Crippen molar-refractivity contribution >= 4 is 33.3 Å². The predicted octanol–water partition coefficient (Wildman–Crippen LogP) is 2.17. The second kappa shape index (κ2) is 9.47. The molecule has 33 heavy (non-hydrogen) atoms. The van der Waals surface area contributed by atoms with E-state index in [9.17, 15) is 15.3 Å². The maximum Gasteiger partial charge on any atom is 0.225 e. The summed E-state index contributed by atoms with van der Waals surface area (Å²) in [5.41, 5.74) is 2.46. The summed E-state index contributed by atoms with van der Waals surface area (Å²) in [4.78, 5) is 14.3. The second-order valence-electron chi connectivity index (χ2n) is 8.78. The Morgan fingerprint density at radius 2 is 1.85 bits per heavy atom. The van der Waals surface area contributed by atoms with Crippen molar-refractivity contribution in [3.05, 3.63) is 30.0 Å². The largest absolute Gasteiger partial charge is 0.396 e. The zero-order chi connectivity index (χ0) is 22.9. The first-order chi connectivity index (χ1) is 16.0. The first-order valence-corrected chi connectivity index (χ1v) is 12.2. The predicted molar refractivity (Wildman–Crippen MR) is 127 cm³/mol. The van der Waals surface area contributed by atoms with Gasteiger partial charge in [0.15, 0.2) is 0 Å². The van der Waals surface area contributed by atoms with Crippen LogP contribution in [-0.4, -0.2) is 74.4 Å². The highest BCUT2D eigenvalue weighted by molar-refractivity contribution is 7.21. The van der Waals surface area contributed by atoms with Gasteiger partial charge in [-0.15, -0.1) is 11.3 Å². The highest BCUT2D eigenvalue weighted by atomic mass is 32.1. The number of aryl methyl sites for hydroxylation is 1. The summed E-state index contributed by atoms with van der Waals surface area (Å²) >= 11 is 1.56. The van der Waals surface area contributed by atoms with E-state index in [-0.39, 0.29) is 18.6 Å². The Bertz CT molecular complexity index is 1090. The minimum Gasteiger partial charge on any atom is -0.396 e. The standard InChI is InChI=1S/C23H29N5O4S/c1-12-18(22-27-15-4-2-3-5-17(15)33-22)21(26-16-10-13(11-29)19(30)20(16)31)28-23(24-12)25-14-6-8-32-9-7-14/h2-5,13-14,16,19-20,29-31H,6-11H2,1H3,(H2,24,25,26,28)/t13-,16-,19-,20+/m1/s1. The average Bonchev–Trinajstić information content (AvgIpc) is 3.35. The maximum atomic E-state index is 10.6. The summed E-state index contributed by atoms with van der Waals surface area (Å²) in [6.07, 6.45) is 0.213. The fourth-order valence-electron chi connectivity index (χ4n) is 4.63. The summed E-state index contributed by atoms with van der Waals surface area (Å²) < 4.78 is 6.52. The lowest BCUT2D eigenvalue weighted by molar-refractivity contribution is 0.00446. The van der Waals surface area contributed by atoms with Crippen LogP contribution in [0, 0.1) is 12.8 Å². The van der Waals surface area contributed by atoms with Crippen molar-refractivity contribution in [3.63, 3.8) is 0 Å². The number of para-hydroxylation sites is 1. The fourth-order valence-corrected chi connectivity index (χ4v) is 5.69. The van der Waals surface area contributed by atoms with Gasteiger partial charge in [0.1, 0.15) is 16.9 Å². The first kappa shape index (κ1) is 22.4. The number of thiazole rings is 1. The van der Waals surface area contributed by atoms with E-state index in [4.69, 9.17) is 19.7 Å². The Morgan fingerprint density at radius 1 is 1.06 bits per heavy atom. The molecule has 0 bridgehead atoms. The summed E-state index contributed by atoms with van der Waals surface area (Å²) in [5.74, 6) is 0.690. The number of nitrogens with one attached hydrogen (secondary N) is 2. The lowest BCUT2D eigenvalue weighted by Gasteiger charge is -2.25. The van der Waals surface area contributed by atoms with Gasteiger partial charge < -0.3 is 30.7 Å². The molecular formula is C23H29N5O4S. The number of aliphatic hydroxyl groups is 3. The van der Waals surface area contributed by atoms with Gasteiger partial charge in [0.2, 0.25) is 5.95 Å². The number of fused-ring (bicyclic) bond motifs is 1. The number of anilines is 2. The topological polar surface area (TPSA) is 133 Å². The van der Waals surface area contributed by atoms with Crippen LogP contribution in [0.25, 0.3) is 20.8 Å². The van der Waals surface area contributed by atoms with Crippen molar-refractivity contribution in [3.8, 4) is 10.6 Å². The van der Waals surface area contributed by atoms with Crippen molar-refractivity contribution in [1.82, 2.24) is 15.0 Å². The number of nitrogens with zero attached hydrogens (tertiary/aromatic N) is 3. The van der Waals surface area contributed by atoms with Crippen LogP contribution in [0.1, 0.15) is 25.0 Å². The zero-order valence-corrected chi connectivity index (χ0v) is 19.3. The van der Waals surface area contributed by atoms with Gasteiger partial charge in [-0.2, -0.15) is 4.98 Å². The third kappa shape index (κ3) is 4.53. The first-order valence-electron chi connectivity index (χ1n) is 11.4. The molecule has 9 nitrogen and oxygen atoms in total. The molecule has 0 unspecified atom stereocenters. The van der Waals surface area contributed by atoms with Crippen LogP contribution in [0.3, 0.4) is 0 Å². The molecule has 1 aliphatic heterocycles. The number of aromatic nitrogens is 3. The molecule has 4 atom stereocenters. The number of ether oxygens (including phenoxy) is 1. The van der Waals surface area contributed by atoms with Crippen LogP contribution in [0.15, 0.2) is 24.3 Å². The molecule has 1 saturated carbocycles. The lowest BCUT2D eigenvalue weighted by Crippen LogP contribution is -2.36. The summed E-state index contributed by atoms with van der Waals surface area (Å²) in [6.45, 7) is 3.17. The Hall–Kier alpha value is -2.37. The van der Waals surface area contributed by atoms with Gasteiger partial charge in [-0.3, -0.25) is 0 Å². The van der Waals surface area contributed by atoms with E-state index in [0.29, 0.717) is 31.4 Å². The van der Waals surface area contributed by atoms with Crippen molar-refractivity contribution in [2.24, 2.45) is 5.92 Å². The molecular weight excluding hydrogens is 442 g/mol. The van der Waals surface area contributed by atoms with Crippen molar-refractivity contribution < 1.29 is 20.1 Å². The summed E-state index contributed by atoms with van der Waals surface area (Å²) in [7, 11) is 0. The van der Waals surface area contributed by atoms with Gasteiger partial charge in [0.25, 0.3) is 0 Å². The highest BCUT2D eigenvalue weighted by Crippen LogP contribution is 2.38. The van der Waals surface area contributed by atoms with Crippen molar-refractivity contribution in [2.75, 3.05) is 30.5 Å². The molecule has 2 aromatic heterocycles. The Morgan fingerprint density at radius 3 is 2.58 bits per heavy atom. The molecule has 2 fully saturated rings. The Labute approximate surface area is 195 Å². The quantitative estimate of drug-likeness (QED) is 0.367. The molecule has 3 aromatic rings. The van der Waals surface area contributed by atoms with Gasteiger partial charge in [0, 0.05) is 31.8 Å². The molecule has 2 aliphatic rings. The van der Waals surface area contributed by atoms with Gasteiger partial charge in [-0.25, -0.2) is 9.97 Å². The summed E-state index contributed by atoms with van der Waals surface area (Å²) in [6, 6.07) is 7.74. The van der Waals surface area contributed by atoms with E-state index in [1.807, 2.05) is 31.2 Å². The number of hydrogen-bond donors (Lipinski definition) is 5. The third-order valence-corrected chi connectivity index (χ3v) is 7.56. The van der Waals surface area contributed by atoms with Crippen molar-refractivity contribution in [1.29, 1.82) is 0 Å². The van der Waals surface area contributed by atoms with E-state index in [1.165, 1.54) is 0 Å². The molecule has 1 aliphatic carbocycles. The zero-order valence-electron chi connectivity index (χ0n) is 18.4. The number of aliphatic hydroxyl groups excluding tert-OH is 3. The normalized spacial score (nSPS) is 26.1. The van der Waals surface area contributed by atoms with Crippen LogP contribution in [0.5, 0.6) is 0 Å². The highest BCUT2D eigenvalue weighted by Gasteiger charge is 2.41. The molecule has 176 valence electrons. The van der Waals surface area contributed by atoms with Gasteiger partial charge in [0.05, 0.1) is 33.6 Å². The van der Waals surface area contributed by atoms with E-state index >= 15 is 0 Å². The monoisotopic (exact) mass is 471 g/mol. The van der Waals surface area contributed by atoms with Gasteiger partial charge >= 0.3 is 0 Å². The third-order valence-electron chi connectivity index (χ3n) is 6.51. The van der Waals surface area contributed by atoms with Crippen LogP contribution in [-0.2, 0) is 4.74 Å². The molecule has 1 aromatic carbocycles. The lowest BCUT2D eigenvalue weighted by atomic mass is 10.1. The van der Waals surface area contributed by atoms with Gasteiger partial charge in [-0.1, -0.05) is 12.1 Å². The van der Waals surface area contributed by atoms with Crippen LogP contribution in [0.2, 0.25) is 0 Å². The van der Waals surface area contributed by atoms with E-state index < -0.39 is 18.2 Å². The average molecular weight is 472 g/mol. The van der Waals surface area contributed by atoms with Crippen LogP contribution >= 0.6 is 11.3 Å². The molecule has 10 heteroatoms. The maximum absolute atomic E-state index is 10.6. The minimum absolute atomic E-state index is 0.180. The Kier molecular flexibility index (Phi) is 6.44. The molecule has 1 saturated heterocycles. The molecule has 5 N–H and O–H groups in total. The molecule has 0 spiro atoms. The Balaban J connectivity index is 1.52. The van der Waals surface area contributed by atoms with E-state index in [0.717, 1.165) is 39.3 Å². The molecule has 3 heterocycles. The van der Waals surface area contributed by atoms with E-state index in [2.05, 4.69) is 10.6 Å². The van der Waals surface area contributed by atoms with Crippen LogP contribution in [0.4, 0.5) is 11.8 Å². The van der Waals surface area contributed by atoms with Gasteiger partial charge in [-0.05, 0) is 38.3 Å². The summed E-state index contributed by atoms with van der Waals surface area (Å²) in [5, 5.41) is 38.0. The van der Waals surface area contributed by atoms with E-state index in [1.54, 1.807) is 11.3 Å².